The van der Waals surface area contributed by atoms with E-state index in [1.807, 2.05) is 0 Å². The average Bonchev–Trinajstić information content (AvgIpc) is 2.66. The second kappa shape index (κ2) is 6.07. The summed E-state index contributed by atoms with van der Waals surface area (Å²) >= 11 is 0. The van der Waals surface area contributed by atoms with Crippen LogP contribution in [-0.4, -0.2) is 14.2 Å². The molecule has 2 heterocycles. The van der Waals surface area contributed by atoms with E-state index in [1.165, 1.54) is 26.4 Å². The van der Waals surface area contributed by atoms with Gasteiger partial charge in [0.1, 0.15) is 22.7 Å². The molecule has 6 heteroatoms. The molecule has 2 aromatic carbocycles. The van der Waals surface area contributed by atoms with E-state index in [0.717, 1.165) is 0 Å². The number of hydrogen-bond acceptors (Lipinski definition) is 6. The van der Waals surface area contributed by atoms with Crippen molar-refractivity contribution < 1.29 is 18.3 Å². The van der Waals surface area contributed by atoms with Crippen molar-refractivity contribution in [3.05, 3.63) is 69.4 Å². The highest BCUT2D eigenvalue weighted by Crippen LogP contribution is 2.44. The van der Waals surface area contributed by atoms with Gasteiger partial charge in [-0.1, -0.05) is 0 Å². The van der Waals surface area contributed by atoms with E-state index in [4.69, 9.17) is 18.3 Å². The molecule has 6 nitrogen and oxygen atoms in total. The Balaban J connectivity index is 2.26. The topological polar surface area (TPSA) is 78.9 Å². The third-order valence-electron chi connectivity index (χ3n) is 4.19. The molecule has 4 aromatic rings. The lowest BCUT2D eigenvalue weighted by Gasteiger charge is -2.15. The van der Waals surface area contributed by atoms with E-state index in [9.17, 15) is 9.59 Å². The van der Waals surface area contributed by atoms with Gasteiger partial charge in [0.05, 0.1) is 25.3 Å². The molecule has 2 aromatic heterocycles. The highest BCUT2D eigenvalue weighted by atomic mass is 16.5. The Hall–Kier alpha value is -3.54. The lowest BCUT2D eigenvalue weighted by Crippen LogP contribution is -2.00. The zero-order valence-electron chi connectivity index (χ0n) is 14.1. The molecule has 4 rings (SSSR count). The van der Waals surface area contributed by atoms with Gasteiger partial charge in [-0.2, -0.15) is 0 Å². The molecule has 0 saturated heterocycles. The van der Waals surface area contributed by atoms with Gasteiger partial charge in [-0.25, -0.2) is 9.59 Å². The molecule has 0 atom stereocenters. The van der Waals surface area contributed by atoms with Gasteiger partial charge in [0.15, 0.2) is 0 Å². The first-order chi connectivity index (χ1) is 12.6. The fraction of sp³-hybridized carbons (Fsp3) is 0.100. The molecule has 0 aliphatic heterocycles. The van der Waals surface area contributed by atoms with E-state index < -0.39 is 11.3 Å². The van der Waals surface area contributed by atoms with E-state index in [2.05, 4.69) is 0 Å². The highest BCUT2D eigenvalue weighted by molar-refractivity contribution is 6.05. The van der Waals surface area contributed by atoms with Crippen LogP contribution < -0.4 is 20.7 Å². The number of fused-ring (bicyclic) bond motifs is 2. The Morgan fingerprint density at radius 1 is 0.615 bits per heavy atom. The highest BCUT2D eigenvalue weighted by Gasteiger charge is 2.22. The maximum atomic E-state index is 11.8. The molecule has 0 unspecified atom stereocenters. The summed E-state index contributed by atoms with van der Waals surface area (Å²) in [5.74, 6) is 0.924. The summed E-state index contributed by atoms with van der Waals surface area (Å²) in [6.07, 6.45) is 0. The molecule has 0 radical (unpaired) electrons. The Morgan fingerprint density at radius 2 is 1.00 bits per heavy atom. The van der Waals surface area contributed by atoms with Crippen LogP contribution in [0.5, 0.6) is 11.5 Å². The zero-order chi connectivity index (χ0) is 18.3. The lowest BCUT2D eigenvalue weighted by molar-refractivity contribution is 0.409. The lowest BCUT2D eigenvalue weighted by atomic mass is 9.98. The van der Waals surface area contributed by atoms with Crippen LogP contribution in [0.25, 0.3) is 33.1 Å². The van der Waals surface area contributed by atoms with E-state index >= 15 is 0 Å². The van der Waals surface area contributed by atoms with Crippen LogP contribution in [0.2, 0.25) is 0 Å². The summed E-state index contributed by atoms with van der Waals surface area (Å²) in [6, 6.07) is 13.1. The van der Waals surface area contributed by atoms with Crippen LogP contribution in [-0.2, 0) is 0 Å². The van der Waals surface area contributed by atoms with Gasteiger partial charge in [-0.15, -0.1) is 0 Å². The second-order valence-electron chi connectivity index (χ2n) is 5.63. The van der Waals surface area contributed by atoms with Crippen LogP contribution in [0, 0.1) is 0 Å². The minimum absolute atomic E-state index is 0.328. The first kappa shape index (κ1) is 16.0. The van der Waals surface area contributed by atoms with Crippen LogP contribution in [0.1, 0.15) is 0 Å². The largest absolute Gasteiger partial charge is 0.496 e. The number of rotatable bonds is 3. The molecule has 0 bridgehead atoms. The molecule has 130 valence electrons. The maximum Gasteiger partial charge on any atom is 0.336 e. The molecule has 0 spiro atoms. The van der Waals surface area contributed by atoms with Crippen molar-refractivity contribution in [1.29, 1.82) is 0 Å². The summed E-state index contributed by atoms with van der Waals surface area (Å²) < 4.78 is 21.9. The van der Waals surface area contributed by atoms with Gasteiger partial charge >= 0.3 is 11.3 Å². The second-order valence-corrected chi connectivity index (χ2v) is 5.63. The van der Waals surface area contributed by atoms with Crippen LogP contribution in [0.3, 0.4) is 0 Å². The SMILES string of the molecule is COc1ccc2ccc(=O)oc2c1-c1c(OC)ccc2ccc(=O)oc12. The van der Waals surface area contributed by atoms with E-state index in [1.54, 1.807) is 36.4 Å². The Morgan fingerprint density at radius 3 is 1.38 bits per heavy atom. The van der Waals surface area contributed by atoms with Gasteiger partial charge in [0.2, 0.25) is 0 Å². The van der Waals surface area contributed by atoms with Crippen molar-refractivity contribution in [3.8, 4) is 22.6 Å². The predicted octanol–water partition coefficient (Wildman–Crippen LogP) is 3.58. The number of ether oxygens (including phenoxy) is 2. The predicted molar refractivity (Wildman–Crippen MR) is 97.1 cm³/mol. The summed E-state index contributed by atoms with van der Waals surface area (Å²) in [5, 5.41) is 1.41. The molecular weight excluding hydrogens is 336 g/mol. The van der Waals surface area contributed by atoms with Gasteiger partial charge in [-0.3, -0.25) is 0 Å². The van der Waals surface area contributed by atoms with Gasteiger partial charge in [0, 0.05) is 22.9 Å². The van der Waals surface area contributed by atoms with Crippen LogP contribution in [0.4, 0.5) is 0 Å². The summed E-state index contributed by atoms with van der Waals surface area (Å²) in [4.78, 5) is 23.7. The van der Waals surface area contributed by atoms with Crippen molar-refractivity contribution in [3.63, 3.8) is 0 Å². The van der Waals surface area contributed by atoms with Crippen molar-refractivity contribution in [2.75, 3.05) is 14.2 Å². The monoisotopic (exact) mass is 350 g/mol. The normalized spacial score (nSPS) is 11.0. The summed E-state index contributed by atoms with van der Waals surface area (Å²) in [5.41, 5.74) is 0.641. The zero-order valence-corrected chi connectivity index (χ0v) is 14.1. The molecular formula is C20H14O6. The fourth-order valence-electron chi connectivity index (χ4n) is 3.04. The smallest absolute Gasteiger partial charge is 0.336 e. The molecule has 0 amide bonds. The van der Waals surface area contributed by atoms with E-state index in [0.29, 0.717) is 44.6 Å². The van der Waals surface area contributed by atoms with Crippen molar-refractivity contribution >= 4 is 21.9 Å². The summed E-state index contributed by atoms with van der Waals surface area (Å²) in [7, 11) is 3.03. The number of benzene rings is 2. The minimum Gasteiger partial charge on any atom is -0.496 e. The van der Waals surface area contributed by atoms with Gasteiger partial charge in [0.25, 0.3) is 0 Å². The Bertz CT molecular complexity index is 1150. The molecule has 0 saturated carbocycles. The van der Waals surface area contributed by atoms with Crippen molar-refractivity contribution in [2.45, 2.75) is 0 Å². The van der Waals surface area contributed by atoms with Crippen molar-refractivity contribution in [1.82, 2.24) is 0 Å². The molecule has 0 aliphatic carbocycles. The third kappa shape index (κ3) is 2.43. The van der Waals surface area contributed by atoms with Crippen molar-refractivity contribution in [2.24, 2.45) is 0 Å². The average molecular weight is 350 g/mol. The molecule has 0 aliphatic rings. The number of methoxy groups -OCH3 is 2. The quantitative estimate of drug-likeness (QED) is 0.526. The fourth-order valence-corrected chi connectivity index (χ4v) is 3.04. The Kier molecular flexibility index (Phi) is 3.73. The number of hydrogen-bond donors (Lipinski definition) is 0. The van der Waals surface area contributed by atoms with E-state index in [-0.39, 0.29) is 0 Å². The first-order valence-corrected chi connectivity index (χ1v) is 7.84. The standard InChI is InChI=1S/C20H14O6/c1-23-13-7-3-11-5-9-15(21)25-19(11)17(13)18-14(24-2)8-4-12-6-10-16(22)26-20(12)18/h3-10H,1-2H3. The third-order valence-corrected chi connectivity index (χ3v) is 4.19. The van der Waals surface area contributed by atoms with Gasteiger partial charge < -0.3 is 18.3 Å². The van der Waals surface area contributed by atoms with Gasteiger partial charge in [-0.05, 0) is 36.4 Å². The maximum absolute atomic E-state index is 11.8. The van der Waals surface area contributed by atoms with Crippen LogP contribution in [0.15, 0.2) is 67.0 Å². The molecule has 0 fully saturated rings. The summed E-state index contributed by atoms with van der Waals surface area (Å²) in [6.45, 7) is 0. The Labute approximate surface area is 147 Å². The van der Waals surface area contributed by atoms with Crippen LogP contribution >= 0.6 is 0 Å². The minimum atomic E-state index is -0.493. The molecule has 0 N–H and O–H groups in total. The first-order valence-electron chi connectivity index (χ1n) is 7.84. The molecule has 26 heavy (non-hydrogen) atoms.